The first kappa shape index (κ1) is 19.8. The third kappa shape index (κ3) is 5.74. The predicted octanol–water partition coefficient (Wildman–Crippen LogP) is 2.00. The highest BCUT2D eigenvalue weighted by molar-refractivity contribution is 5.94. The number of para-hydroxylation sites is 1. The number of carbonyl (C=O) groups excluding carboxylic acids is 3. The zero-order chi connectivity index (χ0) is 19.8. The number of amides is 3. The van der Waals surface area contributed by atoms with Crippen LogP contribution in [0.1, 0.15) is 15.9 Å². The summed E-state index contributed by atoms with van der Waals surface area (Å²) in [5, 5.41) is 2.37. The molecule has 0 aliphatic carbocycles. The molecule has 0 heterocycles. The number of esters is 1. The summed E-state index contributed by atoms with van der Waals surface area (Å²) >= 11 is 0. The van der Waals surface area contributed by atoms with Gasteiger partial charge in [0.1, 0.15) is 5.75 Å². The van der Waals surface area contributed by atoms with Crippen LogP contribution in [-0.4, -0.2) is 43.6 Å². The minimum atomic E-state index is -0.742. The molecule has 0 saturated heterocycles. The molecule has 0 bridgehead atoms. The van der Waals surface area contributed by atoms with Gasteiger partial charge in [0.05, 0.1) is 12.7 Å². The zero-order valence-electron chi connectivity index (χ0n) is 15.1. The van der Waals surface area contributed by atoms with Crippen molar-refractivity contribution in [2.75, 3.05) is 26.1 Å². The van der Waals surface area contributed by atoms with Crippen molar-refractivity contribution in [2.45, 2.75) is 6.54 Å². The molecule has 2 rings (SSSR count). The van der Waals surface area contributed by atoms with Crippen LogP contribution >= 0.6 is 0 Å². The molecule has 0 aromatic heterocycles. The molecule has 3 N–H and O–H groups in total. The number of nitrogens with zero attached hydrogens (tertiary/aromatic N) is 1. The summed E-state index contributed by atoms with van der Waals surface area (Å²) in [5.74, 6) is -0.365. The normalized spacial score (nSPS) is 10.0. The van der Waals surface area contributed by atoms with Crippen LogP contribution < -0.4 is 15.8 Å². The third-order valence-corrected chi connectivity index (χ3v) is 3.72. The number of benzene rings is 2. The lowest BCUT2D eigenvalue weighted by molar-refractivity contribution is -0.133. The van der Waals surface area contributed by atoms with Gasteiger partial charge in [-0.25, -0.2) is 9.59 Å². The molecule has 0 atom stereocenters. The number of nitrogens with one attached hydrogen (secondary N) is 1. The van der Waals surface area contributed by atoms with E-state index in [0.29, 0.717) is 18.0 Å². The van der Waals surface area contributed by atoms with Crippen molar-refractivity contribution in [3.05, 3.63) is 59.7 Å². The molecule has 0 saturated carbocycles. The van der Waals surface area contributed by atoms with Gasteiger partial charge in [0.25, 0.3) is 5.91 Å². The maximum atomic E-state index is 12.2. The van der Waals surface area contributed by atoms with Crippen LogP contribution in [0.2, 0.25) is 0 Å². The Bertz CT molecular complexity index is 838. The van der Waals surface area contributed by atoms with Gasteiger partial charge in [-0.05, 0) is 24.3 Å². The molecule has 8 nitrogen and oxygen atoms in total. The van der Waals surface area contributed by atoms with E-state index in [9.17, 15) is 14.4 Å². The van der Waals surface area contributed by atoms with E-state index in [0.717, 1.165) is 5.56 Å². The molecule has 142 valence electrons. The smallest absolute Gasteiger partial charge is 0.338 e. The van der Waals surface area contributed by atoms with Crippen LogP contribution in [0.4, 0.5) is 10.5 Å². The SMILES string of the molecule is COc1ccccc1CN(C)C(=O)COC(=O)c1cccc(NC(N)=O)c1. The molecular weight excluding hydrogens is 350 g/mol. The molecule has 0 fully saturated rings. The van der Waals surface area contributed by atoms with Crippen molar-refractivity contribution >= 4 is 23.6 Å². The number of nitrogens with two attached hydrogens (primary N) is 1. The second-order valence-corrected chi connectivity index (χ2v) is 5.71. The first-order chi connectivity index (χ1) is 12.9. The lowest BCUT2D eigenvalue weighted by Gasteiger charge is -2.18. The number of hydrogen-bond acceptors (Lipinski definition) is 5. The van der Waals surface area contributed by atoms with Gasteiger partial charge in [0.15, 0.2) is 6.61 Å². The highest BCUT2D eigenvalue weighted by atomic mass is 16.5. The van der Waals surface area contributed by atoms with E-state index in [-0.39, 0.29) is 11.5 Å². The molecule has 0 spiro atoms. The Kier molecular flexibility index (Phi) is 6.76. The van der Waals surface area contributed by atoms with E-state index in [1.54, 1.807) is 32.4 Å². The number of urea groups is 1. The van der Waals surface area contributed by atoms with Gasteiger partial charge in [-0.1, -0.05) is 24.3 Å². The second-order valence-electron chi connectivity index (χ2n) is 5.71. The summed E-state index contributed by atoms with van der Waals surface area (Å²) in [6.45, 7) is -0.0869. The molecule has 0 aliphatic heterocycles. The Morgan fingerprint density at radius 1 is 1.11 bits per heavy atom. The van der Waals surface area contributed by atoms with Crippen molar-refractivity contribution in [2.24, 2.45) is 5.73 Å². The fourth-order valence-corrected chi connectivity index (χ4v) is 2.36. The van der Waals surface area contributed by atoms with Crippen molar-refractivity contribution < 1.29 is 23.9 Å². The van der Waals surface area contributed by atoms with Crippen LogP contribution in [0.15, 0.2) is 48.5 Å². The number of hydrogen-bond donors (Lipinski definition) is 2. The predicted molar refractivity (Wildman–Crippen MR) is 99.4 cm³/mol. The fraction of sp³-hybridized carbons (Fsp3) is 0.211. The summed E-state index contributed by atoms with van der Waals surface area (Å²) in [4.78, 5) is 36.7. The molecule has 0 unspecified atom stereocenters. The van der Waals surface area contributed by atoms with Crippen LogP contribution in [0, 0.1) is 0 Å². The molecule has 0 radical (unpaired) electrons. The van der Waals surface area contributed by atoms with Crippen LogP contribution in [0.5, 0.6) is 5.75 Å². The van der Waals surface area contributed by atoms with Gasteiger partial charge in [-0.2, -0.15) is 0 Å². The van der Waals surface area contributed by atoms with Gasteiger partial charge < -0.3 is 25.4 Å². The number of anilines is 1. The Morgan fingerprint density at radius 2 is 1.85 bits per heavy atom. The standard InChI is InChI=1S/C19H21N3O5/c1-22(11-14-6-3-4-9-16(14)26-2)17(23)12-27-18(24)13-7-5-8-15(10-13)21-19(20)25/h3-10H,11-12H2,1-2H3,(H3,20,21,25). The Hall–Kier alpha value is -3.55. The number of methoxy groups -OCH3 is 1. The topological polar surface area (TPSA) is 111 Å². The fourth-order valence-electron chi connectivity index (χ4n) is 2.36. The summed E-state index contributed by atoms with van der Waals surface area (Å²) in [6, 6.07) is 12.7. The Balaban J connectivity index is 1.92. The van der Waals surface area contributed by atoms with Crippen molar-refractivity contribution in [3.8, 4) is 5.75 Å². The monoisotopic (exact) mass is 371 g/mol. The van der Waals surface area contributed by atoms with Crippen molar-refractivity contribution in [1.29, 1.82) is 0 Å². The molecule has 2 aromatic rings. The van der Waals surface area contributed by atoms with Gasteiger partial charge in [-0.15, -0.1) is 0 Å². The molecule has 3 amide bonds. The van der Waals surface area contributed by atoms with Gasteiger partial charge in [0, 0.05) is 24.8 Å². The van der Waals surface area contributed by atoms with E-state index in [2.05, 4.69) is 5.32 Å². The first-order valence-corrected chi connectivity index (χ1v) is 8.10. The summed E-state index contributed by atoms with van der Waals surface area (Å²) in [6.07, 6.45) is 0. The largest absolute Gasteiger partial charge is 0.496 e. The minimum Gasteiger partial charge on any atom is -0.496 e. The highest BCUT2D eigenvalue weighted by Crippen LogP contribution is 2.18. The van der Waals surface area contributed by atoms with E-state index in [4.69, 9.17) is 15.2 Å². The number of primary amides is 1. The lowest BCUT2D eigenvalue weighted by Crippen LogP contribution is -2.31. The third-order valence-electron chi connectivity index (χ3n) is 3.72. The molecule has 0 aliphatic rings. The van der Waals surface area contributed by atoms with E-state index in [1.807, 2.05) is 18.2 Å². The minimum absolute atomic E-state index is 0.196. The summed E-state index contributed by atoms with van der Waals surface area (Å²) in [7, 11) is 3.17. The average molecular weight is 371 g/mol. The van der Waals surface area contributed by atoms with Gasteiger partial charge in [0.2, 0.25) is 0 Å². The maximum Gasteiger partial charge on any atom is 0.338 e. The van der Waals surface area contributed by atoms with Crippen LogP contribution in [0.3, 0.4) is 0 Å². The Labute approximate surface area is 156 Å². The molecule has 8 heteroatoms. The zero-order valence-corrected chi connectivity index (χ0v) is 15.1. The van der Waals surface area contributed by atoms with Crippen LogP contribution in [-0.2, 0) is 16.1 Å². The summed E-state index contributed by atoms with van der Waals surface area (Å²) < 4.78 is 10.3. The van der Waals surface area contributed by atoms with E-state index >= 15 is 0 Å². The van der Waals surface area contributed by atoms with Crippen molar-refractivity contribution in [3.63, 3.8) is 0 Å². The number of ether oxygens (including phenoxy) is 2. The second kappa shape index (κ2) is 9.23. The van der Waals surface area contributed by atoms with Gasteiger partial charge in [-0.3, -0.25) is 4.79 Å². The maximum absolute atomic E-state index is 12.2. The first-order valence-electron chi connectivity index (χ1n) is 8.10. The average Bonchev–Trinajstić information content (AvgIpc) is 2.65. The number of rotatable bonds is 7. The van der Waals surface area contributed by atoms with E-state index < -0.39 is 18.6 Å². The molecule has 27 heavy (non-hydrogen) atoms. The van der Waals surface area contributed by atoms with E-state index in [1.165, 1.54) is 17.0 Å². The van der Waals surface area contributed by atoms with Crippen LogP contribution in [0.25, 0.3) is 0 Å². The Morgan fingerprint density at radius 3 is 2.56 bits per heavy atom. The van der Waals surface area contributed by atoms with Crippen molar-refractivity contribution in [1.82, 2.24) is 4.90 Å². The summed E-state index contributed by atoms with van der Waals surface area (Å²) in [5.41, 5.74) is 6.43. The number of carbonyl (C=O) groups is 3. The number of likely N-dealkylation sites (N-methyl/N-ethyl adjacent to an activating group) is 1. The highest BCUT2D eigenvalue weighted by Gasteiger charge is 2.15. The molecule has 2 aromatic carbocycles. The lowest BCUT2D eigenvalue weighted by atomic mass is 10.2. The molecular formula is C19H21N3O5. The van der Waals surface area contributed by atoms with Gasteiger partial charge >= 0.3 is 12.0 Å². The quantitative estimate of drug-likeness (QED) is 0.723.